The van der Waals surface area contributed by atoms with Crippen molar-refractivity contribution < 1.29 is 48.3 Å². The zero-order valence-electron chi connectivity index (χ0n) is 40.6. The van der Waals surface area contributed by atoms with E-state index in [1.54, 1.807) is 4.68 Å². The quantitative estimate of drug-likeness (QED) is 0.00934. The van der Waals surface area contributed by atoms with Crippen molar-refractivity contribution in [1.82, 2.24) is 20.3 Å². The number of aromatic nitrogens is 3. The van der Waals surface area contributed by atoms with Crippen molar-refractivity contribution in [2.75, 3.05) is 42.6 Å². The van der Waals surface area contributed by atoms with Crippen molar-refractivity contribution in [3.8, 4) is 0 Å². The molecule has 1 atom stereocenters. The van der Waals surface area contributed by atoms with E-state index < -0.39 is 47.3 Å². The Hall–Kier alpha value is -5.06. The van der Waals surface area contributed by atoms with Gasteiger partial charge in [0.15, 0.2) is 5.71 Å². The van der Waals surface area contributed by atoms with E-state index in [2.05, 4.69) is 75.3 Å². The van der Waals surface area contributed by atoms with Crippen LogP contribution in [0.2, 0.25) is 0 Å². The van der Waals surface area contributed by atoms with Gasteiger partial charge in [-0.1, -0.05) is 46.6 Å². The van der Waals surface area contributed by atoms with Gasteiger partial charge in [0.25, 0.3) is 30.4 Å². The molecule has 3 aromatic rings. The summed E-state index contributed by atoms with van der Waals surface area (Å²) in [7, 11) is -13.1. The molecule has 3 heterocycles. The number of benzene rings is 2. The summed E-state index contributed by atoms with van der Waals surface area (Å²) >= 11 is 0. The first-order valence-electron chi connectivity index (χ1n) is 23.8. The SMILES string of the molecule is Cc1ccc2c(c1)C(C)(C)C(/C=C/C=C/C=C1/N(CCCS(=O)(=O)O)c3ccc(S(=O)(=O)O)cc3C1(C)CCCCS(=O)(=O)O)=[N+]2CCCCCC(=O)CCCCn1cc(CNCCCN=[N+]=[N-])nn1. The lowest BCUT2D eigenvalue weighted by Gasteiger charge is -2.30. The van der Waals surface area contributed by atoms with Gasteiger partial charge >= 0.3 is 0 Å². The second kappa shape index (κ2) is 24.9. The van der Waals surface area contributed by atoms with Crippen molar-refractivity contribution in [1.29, 1.82) is 0 Å². The molecule has 0 saturated heterocycles. The molecule has 1 aromatic heterocycles. The van der Waals surface area contributed by atoms with Crippen LogP contribution in [-0.4, -0.2) is 108 Å². The fourth-order valence-electron chi connectivity index (χ4n) is 9.31. The smallest absolute Gasteiger partial charge is 0.294 e. The topological polar surface area (TPSA) is 278 Å². The number of carbonyl (C=O) groups is 1. The lowest BCUT2D eigenvalue weighted by atomic mass is 9.77. The number of nitrogens with one attached hydrogen (secondary N) is 1. The Morgan fingerprint density at radius 3 is 2.29 bits per heavy atom. The van der Waals surface area contributed by atoms with Gasteiger partial charge in [-0.25, -0.2) is 0 Å². The number of hydrogen-bond acceptors (Lipinski definition) is 12. The average Bonchev–Trinajstić information content (AvgIpc) is 3.89. The minimum Gasteiger partial charge on any atom is -0.344 e. The van der Waals surface area contributed by atoms with Gasteiger partial charge in [-0.15, -0.1) is 5.10 Å². The minimum absolute atomic E-state index is 0.0365. The van der Waals surface area contributed by atoms with E-state index in [0.717, 1.165) is 67.7 Å². The maximum atomic E-state index is 12.8. The number of allylic oxidation sites excluding steroid dienone is 6. The number of rotatable bonds is 30. The Balaban J connectivity index is 1.26. The predicted molar refractivity (Wildman–Crippen MR) is 270 cm³/mol. The van der Waals surface area contributed by atoms with Crippen molar-refractivity contribution in [2.45, 2.75) is 134 Å². The van der Waals surface area contributed by atoms with Gasteiger partial charge in [0.2, 0.25) is 5.69 Å². The number of anilines is 1. The number of hydrogen-bond donors (Lipinski definition) is 4. The number of azide groups is 1. The van der Waals surface area contributed by atoms with Gasteiger partial charge in [0, 0.05) is 91.1 Å². The number of aryl methyl sites for hydroxylation is 2. The number of fused-ring (bicyclic) bond motifs is 2. The molecule has 0 saturated carbocycles. The summed E-state index contributed by atoms with van der Waals surface area (Å²) in [6.07, 6.45) is 18.3. The lowest BCUT2D eigenvalue weighted by Crippen LogP contribution is -2.30. The van der Waals surface area contributed by atoms with Crippen LogP contribution in [0, 0.1) is 6.92 Å². The zero-order valence-corrected chi connectivity index (χ0v) is 43.0. The van der Waals surface area contributed by atoms with E-state index in [-0.39, 0.29) is 35.5 Å². The maximum Gasteiger partial charge on any atom is 0.294 e. The maximum absolute atomic E-state index is 12.8. The normalized spacial score (nSPS) is 17.5. The fourth-order valence-corrected chi connectivity index (χ4v) is 10.9. The number of ketones is 1. The van der Waals surface area contributed by atoms with Crippen LogP contribution in [0.4, 0.5) is 11.4 Å². The molecule has 382 valence electrons. The molecule has 0 radical (unpaired) electrons. The number of Topliss-reactive ketones (excluding diaryl/α,β-unsaturated/α-hetero) is 1. The fraction of sp³-hybridized carbons (Fsp3) is 0.542. The van der Waals surface area contributed by atoms with Crippen molar-refractivity contribution in [3.05, 3.63) is 111 Å². The molecule has 0 spiro atoms. The average molecular weight is 1030 g/mol. The Kier molecular flexibility index (Phi) is 19.8. The van der Waals surface area contributed by atoms with Gasteiger partial charge in [0.1, 0.15) is 12.3 Å². The van der Waals surface area contributed by atoms with E-state index in [1.807, 2.05) is 42.3 Å². The van der Waals surface area contributed by atoms with Crippen LogP contribution in [0.1, 0.15) is 120 Å². The first-order valence-corrected chi connectivity index (χ1v) is 28.4. The molecule has 1 unspecified atom stereocenters. The Bertz CT molecular complexity index is 2850. The highest BCUT2D eigenvalue weighted by Crippen LogP contribution is 2.51. The van der Waals surface area contributed by atoms with Gasteiger partial charge in [-0.05, 0) is 127 Å². The number of nitrogens with zero attached hydrogens (tertiary/aromatic N) is 8. The molecule has 4 N–H and O–H groups in total. The molecule has 0 amide bonds. The van der Waals surface area contributed by atoms with Crippen LogP contribution in [0.5, 0.6) is 0 Å². The number of carbonyl (C=O) groups excluding carboxylic acids is 1. The molecule has 0 aliphatic carbocycles. The first kappa shape index (κ1) is 55.9. The summed E-state index contributed by atoms with van der Waals surface area (Å²) in [6, 6.07) is 10.7. The van der Waals surface area contributed by atoms with Crippen LogP contribution in [0.15, 0.2) is 88.7 Å². The summed E-state index contributed by atoms with van der Waals surface area (Å²) in [5.74, 6) is -0.716. The summed E-state index contributed by atoms with van der Waals surface area (Å²) in [5.41, 5.74) is 14.3. The van der Waals surface area contributed by atoms with Crippen molar-refractivity contribution in [3.63, 3.8) is 0 Å². The van der Waals surface area contributed by atoms with Crippen LogP contribution >= 0.6 is 0 Å². The van der Waals surface area contributed by atoms with Gasteiger partial charge in [-0.3, -0.25) is 23.1 Å². The minimum atomic E-state index is -4.60. The molecule has 22 heteroatoms. The monoisotopic (exact) mass is 1030 g/mol. The van der Waals surface area contributed by atoms with Crippen molar-refractivity contribution in [2.24, 2.45) is 5.11 Å². The summed E-state index contributed by atoms with van der Waals surface area (Å²) in [4.78, 5) is 17.1. The summed E-state index contributed by atoms with van der Waals surface area (Å²) in [5, 5.41) is 15.2. The molecule has 5 rings (SSSR count). The second-order valence-electron chi connectivity index (χ2n) is 18.8. The molecule has 0 bridgehead atoms. The molecule has 0 fully saturated rings. The van der Waals surface area contributed by atoms with Gasteiger partial charge < -0.3 is 10.2 Å². The third kappa shape index (κ3) is 16.0. The van der Waals surface area contributed by atoms with Gasteiger partial charge in [0.05, 0.1) is 27.5 Å². The predicted octanol–water partition coefficient (Wildman–Crippen LogP) is 8.11. The van der Waals surface area contributed by atoms with E-state index >= 15 is 0 Å². The van der Waals surface area contributed by atoms with Gasteiger partial charge in [-0.2, -0.15) is 29.8 Å². The number of unbranched alkanes of at least 4 members (excludes halogenated alkanes) is 4. The third-order valence-corrected chi connectivity index (χ3v) is 15.4. The van der Waals surface area contributed by atoms with E-state index in [0.29, 0.717) is 68.8 Å². The molecule has 2 aliphatic heterocycles. The van der Waals surface area contributed by atoms with Crippen LogP contribution in [0.25, 0.3) is 10.4 Å². The highest BCUT2D eigenvalue weighted by molar-refractivity contribution is 7.86. The van der Waals surface area contributed by atoms with E-state index in [9.17, 15) is 43.7 Å². The third-order valence-electron chi connectivity index (χ3n) is 12.9. The summed E-state index contributed by atoms with van der Waals surface area (Å²) in [6.45, 7) is 11.7. The lowest BCUT2D eigenvalue weighted by molar-refractivity contribution is -0.438. The highest BCUT2D eigenvalue weighted by Gasteiger charge is 2.45. The van der Waals surface area contributed by atoms with Crippen LogP contribution in [0.3, 0.4) is 0 Å². The Morgan fingerprint density at radius 1 is 0.843 bits per heavy atom. The molecular formula is C48H68N9O10S3+. The van der Waals surface area contributed by atoms with E-state index in [1.165, 1.54) is 23.8 Å². The largest absolute Gasteiger partial charge is 0.344 e. The summed E-state index contributed by atoms with van der Waals surface area (Å²) < 4.78 is 104. The van der Waals surface area contributed by atoms with Crippen LogP contribution in [-0.2, 0) is 59.1 Å². The standard InChI is InChI=1S/C48H67N9O10S3/c1-37-21-23-43-41(33-37)47(2,3)45(56(43)29-12-6-7-17-39(58)18-10-13-28-55-36-38(52-54-55)35-50-26-15-27-51-53-49)19-8-5-9-20-46-48(4,25-11-14-31-68(59,60)61)42-34-40(70(65,66)67)22-24-44(42)57(46)30-16-32-69(62,63)64/h5,8-9,19-24,33-34,36,50H,6-7,10-18,25-32,35H2,1-4H3,(H2-,59,60,61,62,63,64,65,66,67)/p+1. The zero-order chi connectivity index (χ0) is 51.2. The molecular weight excluding hydrogens is 959 g/mol. The Morgan fingerprint density at radius 2 is 1.57 bits per heavy atom. The Labute approximate surface area is 412 Å². The first-order chi connectivity index (χ1) is 33.0. The van der Waals surface area contributed by atoms with Crippen molar-refractivity contribution >= 4 is 53.2 Å². The molecule has 70 heavy (non-hydrogen) atoms. The highest BCUT2D eigenvalue weighted by atomic mass is 32.2. The second-order valence-corrected chi connectivity index (χ2v) is 23.3. The van der Waals surface area contributed by atoms with Crippen LogP contribution < -0.4 is 10.2 Å². The molecule has 19 nitrogen and oxygen atoms in total. The van der Waals surface area contributed by atoms with E-state index in [4.69, 9.17) is 5.53 Å². The molecule has 2 aromatic carbocycles. The molecule has 2 aliphatic rings.